The lowest BCUT2D eigenvalue weighted by Crippen LogP contribution is -2.22. The Morgan fingerprint density at radius 3 is 2.62 bits per heavy atom. The summed E-state index contributed by atoms with van der Waals surface area (Å²) in [4.78, 5) is 10.5. The molecule has 4 heteroatoms. The Balaban J connectivity index is 1.55. The van der Waals surface area contributed by atoms with Gasteiger partial charge in [0.1, 0.15) is 11.9 Å². The Labute approximate surface area is 174 Å². The van der Waals surface area contributed by atoms with E-state index in [1.165, 1.54) is 16.3 Å². The molecule has 0 amide bonds. The van der Waals surface area contributed by atoms with E-state index in [4.69, 9.17) is 9.84 Å². The minimum atomic E-state index is -0.741. The van der Waals surface area contributed by atoms with Gasteiger partial charge in [-0.15, -0.1) is 0 Å². The number of rotatable bonds is 8. The van der Waals surface area contributed by atoms with Gasteiger partial charge in [0.15, 0.2) is 0 Å². The molecule has 0 saturated heterocycles. The second-order valence-corrected chi connectivity index (χ2v) is 9.01. The fourth-order valence-corrected chi connectivity index (χ4v) is 3.84. The van der Waals surface area contributed by atoms with Gasteiger partial charge in [-0.2, -0.15) is 0 Å². The first-order chi connectivity index (χ1) is 13.8. The van der Waals surface area contributed by atoms with Gasteiger partial charge in [-0.05, 0) is 65.8 Å². The maximum atomic E-state index is 10.5. The van der Waals surface area contributed by atoms with Crippen molar-refractivity contribution in [1.82, 2.24) is 5.32 Å². The Morgan fingerprint density at radius 1 is 1.17 bits per heavy atom. The summed E-state index contributed by atoms with van der Waals surface area (Å²) in [6.45, 7) is 8.30. The van der Waals surface area contributed by atoms with E-state index in [9.17, 15) is 4.79 Å². The molecular formula is C25H33NO3. The number of carbonyl (C=O) groups is 1. The molecule has 0 bridgehead atoms. The van der Waals surface area contributed by atoms with Crippen molar-refractivity contribution in [3.05, 3.63) is 53.6 Å². The standard InChI is InChI=1S/C25H33NO3/c1-25(2,3)21-9-12-22(13-10-21)29-23-11-8-19-15-18(6-7-20(19)16-23)17-26-14-4-5-24(27)28/h6-9,11,15-16,22,26H,4-5,10,12-14,17H2,1-3H3,(H,27,28)/t22-/m1/s1. The van der Waals surface area contributed by atoms with Crippen molar-refractivity contribution in [3.8, 4) is 5.75 Å². The molecule has 156 valence electrons. The Kier molecular flexibility index (Phi) is 6.96. The van der Waals surface area contributed by atoms with E-state index in [2.05, 4.69) is 68.6 Å². The van der Waals surface area contributed by atoms with Gasteiger partial charge in [0.2, 0.25) is 0 Å². The summed E-state index contributed by atoms with van der Waals surface area (Å²) in [6, 6.07) is 12.8. The summed E-state index contributed by atoms with van der Waals surface area (Å²) in [7, 11) is 0. The highest BCUT2D eigenvalue weighted by molar-refractivity contribution is 5.84. The van der Waals surface area contributed by atoms with E-state index >= 15 is 0 Å². The van der Waals surface area contributed by atoms with E-state index in [1.807, 2.05) is 0 Å². The Hall–Kier alpha value is -2.33. The summed E-state index contributed by atoms with van der Waals surface area (Å²) in [6.07, 6.45) is 6.66. The summed E-state index contributed by atoms with van der Waals surface area (Å²) >= 11 is 0. The molecule has 0 heterocycles. The van der Waals surface area contributed by atoms with Crippen molar-refractivity contribution < 1.29 is 14.6 Å². The third kappa shape index (κ3) is 6.33. The average molecular weight is 396 g/mol. The molecule has 4 nitrogen and oxygen atoms in total. The van der Waals surface area contributed by atoms with E-state index in [1.54, 1.807) is 5.57 Å². The van der Waals surface area contributed by atoms with Crippen molar-refractivity contribution in [3.63, 3.8) is 0 Å². The van der Waals surface area contributed by atoms with Crippen LogP contribution in [0.4, 0.5) is 0 Å². The molecular weight excluding hydrogens is 362 g/mol. The molecule has 0 aliphatic heterocycles. The van der Waals surface area contributed by atoms with Crippen LogP contribution in [-0.4, -0.2) is 23.7 Å². The van der Waals surface area contributed by atoms with Gasteiger partial charge in [0.05, 0.1) is 0 Å². The predicted octanol–water partition coefficient (Wildman–Crippen LogP) is 5.70. The minimum Gasteiger partial charge on any atom is -0.490 e. The van der Waals surface area contributed by atoms with Crippen molar-refractivity contribution >= 4 is 16.7 Å². The zero-order valence-electron chi connectivity index (χ0n) is 17.8. The number of ether oxygens (including phenoxy) is 1. The molecule has 29 heavy (non-hydrogen) atoms. The fraction of sp³-hybridized carbons (Fsp3) is 0.480. The van der Waals surface area contributed by atoms with Crippen LogP contribution < -0.4 is 10.1 Å². The molecule has 3 rings (SSSR count). The third-order valence-electron chi connectivity index (χ3n) is 5.58. The number of nitrogens with one attached hydrogen (secondary N) is 1. The van der Waals surface area contributed by atoms with Gasteiger partial charge in [-0.25, -0.2) is 0 Å². The molecule has 1 aliphatic rings. The van der Waals surface area contributed by atoms with Crippen LogP contribution in [0.3, 0.4) is 0 Å². The third-order valence-corrected chi connectivity index (χ3v) is 5.58. The predicted molar refractivity (Wildman–Crippen MR) is 118 cm³/mol. The molecule has 0 fully saturated rings. The Morgan fingerprint density at radius 2 is 1.93 bits per heavy atom. The number of carboxylic acid groups (broad SMARTS) is 1. The first-order valence-corrected chi connectivity index (χ1v) is 10.6. The topological polar surface area (TPSA) is 58.6 Å². The first kappa shape index (κ1) is 21.4. The largest absolute Gasteiger partial charge is 0.490 e. The second-order valence-electron chi connectivity index (χ2n) is 9.01. The molecule has 0 radical (unpaired) electrons. The zero-order valence-corrected chi connectivity index (χ0v) is 17.8. The number of hydrogen-bond donors (Lipinski definition) is 2. The van der Waals surface area contributed by atoms with Crippen molar-refractivity contribution in [2.24, 2.45) is 5.41 Å². The average Bonchev–Trinajstić information content (AvgIpc) is 2.67. The van der Waals surface area contributed by atoms with Gasteiger partial charge < -0.3 is 15.2 Å². The lowest BCUT2D eigenvalue weighted by Gasteiger charge is -2.30. The fourth-order valence-electron chi connectivity index (χ4n) is 3.84. The molecule has 2 N–H and O–H groups in total. The lowest BCUT2D eigenvalue weighted by molar-refractivity contribution is -0.137. The van der Waals surface area contributed by atoms with Crippen LogP contribution >= 0.6 is 0 Å². The number of aliphatic carboxylic acids is 1. The number of hydrogen-bond acceptors (Lipinski definition) is 3. The molecule has 0 spiro atoms. The summed E-state index contributed by atoms with van der Waals surface area (Å²) < 4.78 is 6.26. The molecule has 2 aromatic rings. The van der Waals surface area contributed by atoms with Gasteiger partial charge in [-0.3, -0.25) is 4.79 Å². The highest BCUT2D eigenvalue weighted by atomic mass is 16.5. The smallest absolute Gasteiger partial charge is 0.303 e. The maximum Gasteiger partial charge on any atom is 0.303 e. The number of carboxylic acids is 1. The van der Waals surface area contributed by atoms with Gasteiger partial charge in [-0.1, -0.05) is 50.6 Å². The maximum absolute atomic E-state index is 10.5. The van der Waals surface area contributed by atoms with Crippen LogP contribution in [0, 0.1) is 5.41 Å². The van der Waals surface area contributed by atoms with Crippen molar-refractivity contribution in [2.45, 2.75) is 65.5 Å². The summed E-state index contributed by atoms with van der Waals surface area (Å²) in [5.74, 6) is 0.198. The lowest BCUT2D eigenvalue weighted by atomic mass is 9.80. The molecule has 0 unspecified atom stereocenters. The highest BCUT2D eigenvalue weighted by Crippen LogP contribution is 2.34. The summed E-state index contributed by atoms with van der Waals surface area (Å²) in [5.41, 5.74) is 3.00. The van der Waals surface area contributed by atoms with E-state index in [0.717, 1.165) is 31.6 Å². The molecule has 1 atom stereocenters. The SMILES string of the molecule is CC(C)(C)C1=CC[C@@H](Oc2ccc3cc(CNCCCC(=O)O)ccc3c2)CC1. The normalized spacial score (nSPS) is 17.2. The van der Waals surface area contributed by atoms with Crippen LogP contribution in [0.1, 0.15) is 58.4 Å². The summed E-state index contributed by atoms with van der Waals surface area (Å²) in [5, 5.41) is 14.4. The van der Waals surface area contributed by atoms with Crippen LogP contribution in [0.25, 0.3) is 10.8 Å². The number of fused-ring (bicyclic) bond motifs is 1. The monoisotopic (exact) mass is 395 g/mol. The van der Waals surface area contributed by atoms with Gasteiger partial charge in [0.25, 0.3) is 0 Å². The number of benzene rings is 2. The Bertz CT molecular complexity index is 879. The van der Waals surface area contributed by atoms with E-state index < -0.39 is 5.97 Å². The quantitative estimate of drug-likeness (QED) is 0.445. The second kappa shape index (κ2) is 9.45. The minimum absolute atomic E-state index is 0.210. The van der Waals surface area contributed by atoms with E-state index in [0.29, 0.717) is 13.0 Å². The van der Waals surface area contributed by atoms with Crippen LogP contribution in [0.5, 0.6) is 5.75 Å². The van der Waals surface area contributed by atoms with Crippen LogP contribution in [0.15, 0.2) is 48.0 Å². The van der Waals surface area contributed by atoms with Crippen LogP contribution in [0.2, 0.25) is 0 Å². The number of allylic oxidation sites excluding steroid dienone is 1. The van der Waals surface area contributed by atoms with Crippen molar-refractivity contribution in [1.29, 1.82) is 0 Å². The molecule has 1 aliphatic carbocycles. The van der Waals surface area contributed by atoms with E-state index in [-0.39, 0.29) is 17.9 Å². The molecule has 0 saturated carbocycles. The first-order valence-electron chi connectivity index (χ1n) is 10.6. The van der Waals surface area contributed by atoms with Crippen molar-refractivity contribution in [2.75, 3.05) is 6.54 Å². The van der Waals surface area contributed by atoms with Crippen LogP contribution in [-0.2, 0) is 11.3 Å². The highest BCUT2D eigenvalue weighted by Gasteiger charge is 2.23. The zero-order chi connectivity index (χ0) is 20.9. The molecule has 2 aromatic carbocycles. The van der Waals surface area contributed by atoms with Gasteiger partial charge >= 0.3 is 5.97 Å². The molecule has 0 aromatic heterocycles. The van der Waals surface area contributed by atoms with Gasteiger partial charge in [0, 0.05) is 19.4 Å².